The van der Waals surface area contributed by atoms with Gasteiger partial charge in [-0.1, -0.05) is 30.3 Å². The minimum absolute atomic E-state index is 0.00181. The number of amides is 1. The van der Waals surface area contributed by atoms with Crippen molar-refractivity contribution in [1.82, 2.24) is 9.21 Å². The van der Waals surface area contributed by atoms with Crippen molar-refractivity contribution in [3.05, 3.63) is 57.3 Å². The van der Waals surface area contributed by atoms with Gasteiger partial charge in [0.05, 0.1) is 11.3 Å². The average molecular weight is 379 g/mol. The fourth-order valence-corrected chi connectivity index (χ4v) is 5.49. The summed E-state index contributed by atoms with van der Waals surface area (Å²) in [6, 6.07) is 11.1. The molecule has 0 atom stereocenters. The first-order valence-corrected chi connectivity index (χ1v) is 10.7. The van der Waals surface area contributed by atoms with Crippen LogP contribution in [0.2, 0.25) is 0 Å². The summed E-state index contributed by atoms with van der Waals surface area (Å²) in [7, 11) is -3.36. The van der Waals surface area contributed by atoms with Crippen molar-refractivity contribution in [2.75, 3.05) is 26.2 Å². The van der Waals surface area contributed by atoms with Crippen LogP contribution in [0.15, 0.2) is 36.4 Å². The van der Waals surface area contributed by atoms with E-state index in [1.807, 2.05) is 50.2 Å². The molecule has 0 aliphatic carbocycles. The fourth-order valence-electron chi connectivity index (χ4n) is 3.06. The first-order valence-electron chi connectivity index (χ1n) is 8.25. The molecule has 1 aliphatic heterocycles. The van der Waals surface area contributed by atoms with Crippen LogP contribution in [-0.2, 0) is 15.8 Å². The van der Waals surface area contributed by atoms with Crippen molar-refractivity contribution in [3.8, 4) is 0 Å². The summed E-state index contributed by atoms with van der Waals surface area (Å²) in [5.41, 5.74) is 1.52. The Balaban J connectivity index is 1.63. The summed E-state index contributed by atoms with van der Waals surface area (Å²) >= 11 is 1.61. The van der Waals surface area contributed by atoms with Crippen LogP contribution in [0.1, 0.15) is 25.7 Å². The number of sulfonamides is 1. The topological polar surface area (TPSA) is 57.7 Å². The van der Waals surface area contributed by atoms with E-state index in [4.69, 9.17) is 0 Å². The van der Waals surface area contributed by atoms with E-state index in [1.165, 1.54) is 4.31 Å². The van der Waals surface area contributed by atoms with E-state index in [1.54, 1.807) is 16.2 Å². The van der Waals surface area contributed by atoms with E-state index in [-0.39, 0.29) is 11.7 Å². The molecule has 134 valence electrons. The van der Waals surface area contributed by atoms with Crippen molar-refractivity contribution < 1.29 is 13.2 Å². The van der Waals surface area contributed by atoms with Gasteiger partial charge in [-0.05, 0) is 25.5 Å². The molecular formula is C18H22N2O3S2. The summed E-state index contributed by atoms with van der Waals surface area (Å²) in [5.74, 6) is 0.00640. The van der Waals surface area contributed by atoms with Gasteiger partial charge in [-0.15, -0.1) is 11.3 Å². The molecule has 1 aliphatic rings. The highest BCUT2D eigenvalue weighted by molar-refractivity contribution is 7.88. The molecule has 25 heavy (non-hydrogen) atoms. The van der Waals surface area contributed by atoms with Crippen molar-refractivity contribution in [3.63, 3.8) is 0 Å². The number of piperazine rings is 1. The Morgan fingerprint density at radius 1 is 1.08 bits per heavy atom. The minimum Gasteiger partial charge on any atom is -0.336 e. The smallest absolute Gasteiger partial charge is 0.255 e. The second-order valence-electron chi connectivity index (χ2n) is 6.26. The number of nitrogens with zero attached hydrogens (tertiary/aromatic N) is 2. The van der Waals surface area contributed by atoms with Gasteiger partial charge in [0.15, 0.2) is 0 Å². The molecule has 0 N–H and O–H groups in total. The number of carbonyl (C=O) groups excluding carboxylic acids is 1. The standard InChI is InChI=1S/C18H22N2O3S2/c1-14-12-17(15(2)24-14)18(21)19-8-10-20(11-9-19)25(22,23)13-16-6-4-3-5-7-16/h3-7,12H,8-11,13H2,1-2H3. The van der Waals surface area contributed by atoms with E-state index < -0.39 is 10.0 Å². The molecular weight excluding hydrogens is 356 g/mol. The van der Waals surface area contributed by atoms with Crippen molar-refractivity contribution in [2.24, 2.45) is 0 Å². The number of hydrogen-bond donors (Lipinski definition) is 0. The van der Waals surface area contributed by atoms with Crippen molar-refractivity contribution in [2.45, 2.75) is 19.6 Å². The molecule has 0 unspecified atom stereocenters. The maximum atomic E-state index is 12.6. The van der Waals surface area contributed by atoms with Crippen molar-refractivity contribution in [1.29, 1.82) is 0 Å². The van der Waals surface area contributed by atoms with Crippen LogP contribution >= 0.6 is 11.3 Å². The third kappa shape index (κ3) is 4.11. The van der Waals surface area contributed by atoms with Gasteiger partial charge < -0.3 is 4.90 Å². The first-order chi connectivity index (χ1) is 11.9. The Morgan fingerprint density at radius 3 is 2.28 bits per heavy atom. The quantitative estimate of drug-likeness (QED) is 0.822. The predicted molar refractivity (Wildman–Crippen MR) is 100 cm³/mol. The van der Waals surface area contributed by atoms with Gasteiger partial charge in [0.25, 0.3) is 5.91 Å². The number of benzene rings is 1. The summed E-state index contributed by atoms with van der Waals surface area (Å²) in [4.78, 5) is 16.5. The zero-order chi connectivity index (χ0) is 18.0. The third-order valence-corrected chi connectivity index (χ3v) is 7.20. The summed E-state index contributed by atoms with van der Waals surface area (Å²) in [6.07, 6.45) is 0. The second-order valence-corrected chi connectivity index (χ2v) is 9.69. The van der Waals surface area contributed by atoms with Gasteiger partial charge in [0.1, 0.15) is 0 Å². The maximum Gasteiger partial charge on any atom is 0.255 e. The van der Waals surface area contributed by atoms with Crippen LogP contribution in [0.4, 0.5) is 0 Å². The molecule has 5 nitrogen and oxygen atoms in total. The molecule has 1 aromatic heterocycles. The lowest BCUT2D eigenvalue weighted by molar-refractivity contribution is 0.0697. The molecule has 1 amide bonds. The number of carbonyl (C=O) groups is 1. The van der Waals surface area contributed by atoms with Gasteiger partial charge in [-0.25, -0.2) is 8.42 Å². The first kappa shape index (κ1) is 18.1. The second kappa shape index (κ2) is 7.27. The molecule has 1 aromatic carbocycles. The van der Waals surface area contributed by atoms with Crippen LogP contribution in [0.5, 0.6) is 0 Å². The normalized spacial score (nSPS) is 16.2. The van der Waals surface area contributed by atoms with Gasteiger partial charge in [-0.2, -0.15) is 4.31 Å². The van der Waals surface area contributed by atoms with E-state index in [0.29, 0.717) is 26.2 Å². The fraction of sp³-hybridized carbons (Fsp3) is 0.389. The van der Waals surface area contributed by atoms with Crippen LogP contribution in [-0.4, -0.2) is 49.7 Å². The van der Waals surface area contributed by atoms with Crippen LogP contribution < -0.4 is 0 Å². The summed E-state index contributed by atoms with van der Waals surface area (Å²) in [5, 5.41) is 0. The maximum absolute atomic E-state index is 12.6. The van der Waals surface area contributed by atoms with E-state index in [9.17, 15) is 13.2 Å². The lowest BCUT2D eigenvalue weighted by Gasteiger charge is -2.34. The Hall–Kier alpha value is -1.70. The van der Waals surface area contributed by atoms with Gasteiger partial charge in [-0.3, -0.25) is 4.79 Å². The Morgan fingerprint density at radius 2 is 1.72 bits per heavy atom. The molecule has 2 aromatic rings. The number of hydrogen-bond acceptors (Lipinski definition) is 4. The Labute approximate surface area is 152 Å². The van der Waals surface area contributed by atoms with Crippen molar-refractivity contribution >= 4 is 27.3 Å². The monoisotopic (exact) mass is 378 g/mol. The van der Waals surface area contributed by atoms with Gasteiger partial charge in [0, 0.05) is 35.9 Å². The van der Waals surface area contributed by atoms with E-state index >= 15 is 0 Å². The molecule has 1 saturated heterocycles. The molecule has 0 saturated carbocycles. The zero-order valence-electron chi connectivity index (χ0n) is 14.4. The summed E-state index contributed by atoms with van der Waals surface area (Å²) < 4.78 is 26.7. The highest BCUT2D eigenvalue weighted by Gasteiger charge is 2.30. The van der Waals surface area contributed by atoms with Crippen LogP contribution in [0.3, 0.4) is 0 Å². The lowest BCUT2D eigenvalue weighted by Crippen LogP contribution is -2.50. The van der Waals surface area contributed by atoms with E-state index in [0.717, 1.165) is 20.9 Å². The van der Waals surface area contributed by atoms with Gasteiger partial charge >= 0.3 is 0 Å². The van der Waals surface area contributed by atoms with Crippen LogP contribution in [0.25, 0.3) is 0 Å². The number of thiophene rings is 1. The average Bonchev–Trinajstić information content (AvgIpc) is 2.93. The predicted octanol–water partition coefficient (Wildman–Crippen LogP) is 2.65. The SMILES string of the molecule is Cc1cc(C(=O)N2CCN(S(=O)(=O)Cc3ccccc3)CC2)c(C)s1. The number of rotatable bonds is 4. The van der Waals surface area contributed by atoms with Gasteiger partial charge in [0.2, 0.25) is 10.0 Å². The molecule has 0 bridgehead atoms. The molecule has 2 heterocycles. The molecule has 0 radical (unpaired) electrons. The molecule has 3 rings (SSSR count). The Kier molecular flexibility index (Phi) is 5.27. The molecule has 1 fully saturated rings. The minimum atomic E-state index is -3.36. The number of aryl methyl sites for hydroxylation is 2. The van der Waals surface area contributed by atoms with E-state index in [2.05, 4.69) is 0 Å². The largest absolute Gasteiger partial charge is 0.336 e. The highest BCUT2D eigenvalue weighted by atomic mass is 32.2. The summed E-state index contributed by atoms with van der Waals surface area (Å²) in [6.45, 7) is 5.50. The Bertz CT molecular complexity index is 852. The third-order valence-electron chi connectivity index (χ3n) is 4.38. The zero-order valence-corrected chi connectivity index (χ0v) is 16.1. The molecule has 7 heteroatoms. The van der Waals surface area contributed by atoms with Crippen LogP contribution in [0, 0.1) is 13.8 Å². The molecule has 0 spiro atoms. The highest BCUT2D eigenvalue weighted by Crippen LogP contribution is 2.23. The lowest BCUT2D eigenvalue weighted by atomic mass is 10.2.